The minimum absolute atomic E-state index is 0.178. The highest BCUT2D eigenvalue weighted by molar-refractivity contribution is 5.71. The molecule has 0 unspecified atom stereocenters. The average Bonchev–Trinajstić information content (AvgIpc) is 2.19. The first-order chi connectivity index (χ1) is 7.50. The number of carbonyl (C=O) groups is 1. The molecule has 4 nitrogen and oxygen atoms in total. The van der Waals surface area contributed by atoms with Crippen LogP contribution < -0.4 is 11.1 Å². The SMILES string of the molecule is Cc1cc(C)c(N)c(NCCCC(=O)O)c1. The molecule has 0 radical (unpaired) electrons. The van der Waals surface area contributed by atoms with E-state index in [1.165, 1.54) is 0 Å². The van der Waals surface area contributed by atoms with Crippen LogP contribution in [0.3, 0.4) is 0 Å². The Hall–Kier alpha value is -1.71. The number of hydrogen-bond donors (Lipinski definition) is 3. The standard InChI is InChI=1S/C12H18N2O2/c1-8-6-9(2)12(13)10(7-8)14-5-3-4-11(15)16/h6-7,14H,3-5,13H2,1-2H3,(H,15,16). The van der Waals surface area contributed by atoms with E-state index >= 15 is 0 Å². The van der Waals surface area contributed by atoms with Crippen molar-refractivity contribution >= 4 is 17.3 Å². The van der Waals surface area contributed by atoms with Crippen molar-refractivity contribution in [3.05, 3.63) is 23.3 Å². The number of benzene rings is 1. The number of nitrogens with two attached hydrogens (primary N) is 1. The van der Waals surface area contributed by atoms with Crippen LogP contribution in [0.5, 0.6) is 0 Å². The van der Waals surface area contributed by atoms with Crippen LogP contribution in [0.2, 0.25) is 0 Å². The monoisotopic (exact) mass is 222 g/mol. The van der Waals surface area contributed by atoms with Gasteiger partial charge in [-0.05, 0) is 37.5 Å². The van der Waals surface area contributed by atoms with Gasteiger partial charge in [-0.25, -0.2) is 0 Å². The molecule has 0 bridgehead atoms. The van der Waals surface area contributed by atoms with Crippen molar-refractivity contribution < 1.29 is 9.90 Å². The van der Waals surface area contributed by atoms with Gasteiger partial charge in [0.15, 0.2) is 0 Å². The van der Waals surface area contributed by atoms with Crippen molar-refractivity contribution in [2.75, 3.05) is 17.6 Å². The molecule has 0 aromatic heterocycles. The fourth-order valence-electron chi connectivity index (χ4n) is 1.59. The first kappa shape index (κ1) is 12.4. The van der Waals surface area contributed by atoms with E-state index in [0.717, 1.165) is 22.5 Å². The smallest absolute Gasteiger partial charge is 0.303 e. The molecule has 4 N–H and O–H groups in total. The van der Waals surface area contributed by atoms with Crippen molar-refractivity contribution in [2.24, 2.45) is 0 Å². The molecule has 1 aromatic carbocycles. The van der Waals surface area contributed by atoms with Crippen LogP contribution in [0.1, 0.15) is 24.0 Å². The third-order valence-electron chi connectivity index (χ3n) is 2.41. The molecule has 0 amide bonds. The summed E-state index contributed by atoms with van der Waals surface area (Å²) in [5.74, 6) is -0.768. The van der Waals surface area contributed by atoms with E-state index in [1.807, 2.05) is 26.0 Å². The van der Waals surface area contributed by atoms with E-state index in [1.54, 1.807) is 0 Å². The lowest BCUT2D eigenvalue weighted by Gasteiger charge is -2.12. The van der Waals surface area contributed by atoms with Crippen LogP contribution >= 0.6 is 0 Å². The molecule has 0 heterocycles. The van der Waals surface area contributed by atoms with Crippen molar-refractivity contribution in [3.8, 4) is 0 Å². The molecule has 1 rings (SSSR count). The van der Waals surface area contributed by atoms with E-state index in [4.69, 9.17) is 10.8 Å². The number of aryl methyl sites for hydroxylation is 2. The zero-order valence-corrected chi connectivity index (χ0v) is 9.71. The van der Waals surface area contributed by atoms with Gasteiger partial charge in [0.05, 0.1) is 11.4 Å². The molecule has 0 saturated carbocycles. The largest absolute Gasteiger partial charge is 0.481 e. The Morgan fingerprint density at radius 1 is 1.44 bits per heavy atom. The van der Waals surface area contributed by atoms with Crippen LogP contribution in [0.15, 0.2) is 12.1 Å². The summed E-state index contributed by atoms with van der Waals surface area (Å²) >= 11 is 0. The van der Waals surface area contributed by atoms with Gasteiger partial charge in [-0.2, -0.15) is 0 Å². The lowest BCUT2D eigenvalue weighted by atomic mass is 10.1. The van der Waals surface area contributed by atoms with Gasteiger partial charge in [-0.1, -0.05) is 6.07 Å². The lowest BCUT2D eigenvalue weighted by molar-refractivity contribution is -0.137. The maximum atomic E-state index is 10.3. The number of nitrogen functional groups attached to an aromatic ring is 1. The molecular weight excluding hydrogens is 204 g/mol. The third-order valence-corrected chi connectivity index (χ3v) is 2.41. The van der Waals surface area contributed by atoms with Crippen LogP contribution in [0.4, 0.5) is 11.4 Å². The van der Waals surface area contributed by atoms with Gasteiger partial charge in [0.1, 0.15) is 0 Å². The van der Waals surface area contributed by atoms with Gasteiger partial charge in [0.25, 0.3) is 0 Å². The van der Waals surface area contributed by atoms with Crippen molar-refractivity contribution in [2.45, 2.75) is 26.7 Å². The van der Waals surface area contributed by atoms with Crippen molar-refractivity contribution in [3.63, 3.8) is 0 Å². The number of anilines is 2. The summed E-state index contributed by atoms with van der Waals surface area (Å²) < 4.78 is 0. The molecule has 0 saturated heterocycles. The third kappa shape index (κ3) is 3.46. The summed E-state index contributed by atoms with van der Waals surface area (Å²) in [5.41, 5.74) is 9.73. The summed E-state index contributed by atoms with van der Waals surface area (Å²) in [6.45, 7) is 4.60. The summed E-state index contributed by atoms with van der Waals surface area (Å²) in [6.07, 6.45) is 0.777. The van der Waals surface area contributed by atoms with E-state index in [0.29, 0.717) is 13.0 Å². The van der Waals surface area contributed by atoms with Gasteiger partial charge in [0, 0.05) is 13.0 Å². The predicted octanol–water partition coefficient (Wildman–Crippen LogP) is 2.16. The summed E-state index contributed by atoms with van der Waals surface area (Å²) in [6, 6.07) is 4.00. The lowest BCUT2D eigenvalue weighted by Crippen LogP contribution is -2.07. The molecule has 0 atom stereocenters. The number of hydrogen-bond acceptors (Lipinski definition) is 3. The second kappa shape index (κ2) is 5.39. The molecule has 16 heavy (non-hydrogen) atoms. The second-order valence-corrected chi connectivity index (χ2v) is 3.97. The number of carboxylic acid groups (broad SMARTS) is 1. The number of carboxylic acids is 1. The Bertz CT molecular complexity index is 389. The Morgan fingerprint density at radius 3 is 2.75 bits per heavy atom. The molecule has 0 aliphatic heterocycles. The molecule has 0 aliphatic carbocycles. The number of rotatable bonds is 5. The highest BCUT2D eigenvalue weighted by atomic mass is 16.4. The van der Waals surface area contributed by atoms with E-state index in [9.17, 15) is 4.79 Å². The minimum Gasteiger partial charge on any atom is -0.481 e. The first-order valence-corrected chi connectivity index (χ1v) is 5.33. The summed E-state index contributed by atoms with van der Waals surface area (Å²) in [5, 5.41) is 11.7. The van der Waals surface area contributed by atoms with Gasteiger partial charge in [0.2, 0.25) is 0 Å². The molecule has 4 heteroatoms. The average molecular weight is 222 g/mol. The van der Waals surface area contributed by atoms with Gasteiger partial charge in [-0.15, -0.1) is 0 Å². The zero-order chi connectivity index (χ0) is 12.1. The van der Waals surface area contributed by atoms with Gasteiger partial charge >= 0.3 is 5.97 Å². The number of aliphatic carboxylic acids is 1. The molecule has 1 aromatic rings. The summed E-state index contributed by atoms with van der Waals surface area (Å²) in [4.78, 5) is 10.3. The predicted molar refractivity (Wildman–Crippen MR) is 65.7 cm³/mol. The second-order valence-electron chi connectivity index (χ2n) is 3.97. The Balaban J connectivity index is 2.57. The number of nitrogens with one attached hydrogen (secondary N) is 1. The molecular formula is C12H18N2O2. The highest BCUT2D eigenvalue weighted by Crippen LogP contribution is 2.24. The van der Waals surface area contributed by atoms with Crippen LogP contribution in [-0.2, 0) is 4.79 Å². The molecule has 0 aliphatic rings. The Morgan fingerprint density at radius 2 is 2.12 bits per heavy atom. The topological polar surface area (TPSA) is 75.3 Å². The van der Waals surface area contributed by atoms with E-state index < -0.39 is 5.97 Å². The van der Waals surface area contributed by atoms with Crippen LogP contribution in [-0.4, -0.2) is 17.6 Å². The molecule has 0 spiro atoms. The fourth-order valence-corrected chi connectivity index (χ4v) is 1.59. The van der Waals surface area contributed by atoms with Gasteiger partial charge < -0.3 is 16.2 Å². The summed E-state index contributed by atoms with van der Waals surface area (Å²) in [7, 11) is 0. The quantitative estimate of drug-likeness (QED) is 0.527. The maximum Gasteiger partial charge on any atom is 0.303 e. The van der Waals surface area contributed by atoms with Crippen molar-refractivity contribution in [1.82, 2.24) is 0 Å². The molecule has 0 fully saturated rings. The van der Waals surface area contributed by atoms with E-state index in [2.05, 4.69) is 5.32 Å². The van der Waals surface area contributed by atoms with Crippen LogP contribution in [0, 0.1) is 13.8 Å². The highest BCUT2D eigenvalue weighted by Gasteiger charge is 2.03. The maximum absolute atomic E-state index is 10.3. The Labute approximate surface area is 95.5 Å². The fraction of sp³-hybridized carbons (Fsp3) is 0.417. The zero-order valence-electron chi connectivity index (χ0n) is 9.71. The molecule has 88 valence electrons. The normalized spacial score (nSPS) is 10.1. The van der Waals surface area contributed by atoms with Gasteiger partial charge in [-0.3, -0.25) is 4.79 Å². The van der Waals surface area contributed by atoms with Crippen LogP contribution in [0.25, 0.3) is 0 Å². The van der Waals surface area contributed by atoms with Crippen molar-refractivity contribution in [1.29, 1.82) is 0 Å². The Kier molecular flexibility index (Phi) is 4.17. The van der Waals surface area contributed by atoms with E-state index in [-0.39, 0.29) is 6.42 Å². The minimum atomic E-state index is -0.768. The first-order valence-electron chi connectivity index (χ1n) is 5.33.